The first-order chi connectivity index (χ1) is 8.09. The molecule has 0 fully saturated rings. The van der Waals surface area contributed by atoms with E-state index in [9.17, 15) is 9.59 Å². The zero-order valence-electron chi connectivity index (χ0n) is 9.90. The molecule has 17 heavy (non-hydrogen) atoms. The van der Waals surface area contributed by atoms with E-state index < -0.39 is 5.97 Å². The first kappa shape index (κ1) is 13.2. The molecule has 1 rings (SSSR count). The van der Waals surface area contributed by atoms with E-state index in [4.69, 9.17) is 5.11 Å². The lowest BCUT2D eigenvalue weighted by molar-refractivity contribution is -0.137. The van der Waals surface area contributed by atoms with Gasteiger partial charge in [0, 0.05) is 19.4 Å². The van der Waals surface area contributed by atoms with Gasteiger partial charge in [-0.1, -0.05) is 24.3 Å². The summed E-state index contributed by atoms with van der Waals surface area (Å²) in [5.41, 5.74) is 2.22. The van der Waals surface area contributed by atoms with Gasteiger partial charge in [0.05, 0.1) is 0 Å². The Morgan fingerprint density at radius 3 is 2.59 bits per heavy atom. The minimum atomic E-state index is -0.864. The van der Waals surface area contributed by atoms with Gasteiger partial charge in [0.2, 0.25) is 5.91 Å². The molecule has 0 spiro atoms. The van der Waals surface area contributed by atoms with Crippen molar-refractivity contribution in [2.24, 2.45) is 0 Å². The number of amides is 1. The fourth-order valence-electron chi connectivity index (χ4n) is 1.49. The molecular formula is C13H17NO3. The van der Waals surface area contributed by atoms with E-state index in [0.717, 1.165) is 11.1 Å². The second-order valence-corrected chi connectivity index (χ2v) is 3.95. The van der Waals surface area contributed by atoms with Crippen molar-refractivity contribution in [2.75, 3.05) is 0 Å². The number of benzene rings is 1. The van der Waals surface area contributed by atoms with Crippen LogP contribution in [0.4, 0.5) is 0 Å². The average Bonchev–Trinajstić information content (AvgIpc) is 2.27. The fraction of sp³-hybridized carbons (Fsp3) is 0.385. The number of rotatable bonds is 6. The highest BCUT2D eigenvalue weighted by molar-refractivity contribution is 5.76. The summed E-state index contributed by atoms with van der Waals surface area (Å²) in [7, 11) is 0. The maximum atomic E-state index is 11.4. The minimum absolute atomic E-state index is 0.0395. The van der Waals surface area contributed by atoms with Gasteiger partial charge < -0.3 is 10.4 Å². The zero-order chi connectivity index (χ0) is 12.7. The molecule has 0 aromatic heterocycles. The van der Waals surface area contributed by atoms with Gasteiger partial charge in [-0.05, 0) is 24.5 Å². The molecular weight excluding hydrogens is 218 g/mol. The molecule has 0 bridgehead atoms. The highest BCUT2D eigenvalue weighted by Crippen LogP contribution is 2.06. The van der Waals surface area contributed by atoms with E-state index in [1.807, 2.05) is 31.2 Å². The number of aliphatic carboxylic acids is 1. The third-order valence-corrected chi connectivity index (χ3v) is 2.53. The van der Waals surface area contributed by atoms with Crippen molar-refractivity contribution >= 4 is 11.9 Å². The van der Waals surface area contributed by atoms with Crippen LogP contribution in [0, 0.1) is 6.92 Å². The van der Waals surface area contributed by atoms with Crippen molar-refractivity contribution in [3.63, 3.8) is 0 Å². The van der Waals surface area contributed by atoms with Gasteiger partial charge in [0.25, 0.3) is 0 Å². The Morgan fingerprint density at radius 2 is 1.94 bits per heavy atom. The average molecular weight is 235 g/mol. The quantitative estimate of drug-likeness (QED) is 0.791. The molecule has 0 heterocycles. The van der Waals surface area contributed by atoms with E-state index in [1.165, 1.54) is 0 Å². The summed E-state index contributed by atoms with van der Waals surface area (Å²) >= 11 is 0. The molecule has 0 saturated heterocycles. The number of carboxylic acids is 1. The first-order valence-electron chi connectivity index (χ1n) is 5.62. The Kier molecular flexibility index (Phi) is 5.20. The van der Waals surface area contributed by atoms with Crippen LogP contribution in [0.3, 0.4) is 0 Å². The molecule has 0 aliphatic carbocycles. The summed E-state index contributed by atoms with van der Waals surface area (Å²) in [6.07, 6.45) is 0.685. The number of hydrogen-bond donors (Lipinski definition) is 2. The lowest BCUT2D eigenvalue weighted by atomic mass is 10.1. The Balaban J connectivity index is 2.29. The van der Waals surface area contributed by atoms with Crippen molar-refractivity contribution in [1.29, 1.82) is 0 Å². The third kappa shape index (κ3) is 5.15. The second-order valence-electron chi connectivity index (χ2n) is 3.95. The summed E-state index contributed by atoms with van der Waals surface area (Å²) in [5.74, 6) is -0.966. The third-order valence-electron chi connectivity index (χ3n) is 2.53. The molecule has 1 aromatic rings. The summed E-state index contributed by atoms with van der Waals surface area (Å²) in [6, 6.07) is 7.84. The predicted octanol–water partition coefficient (Wildman–Crippen LogP) is 1.87. The molecule has 0 unspecified atom stereocenters. The van der Waals surface area contributed by atoms with Crippen LogP contribution in [0.25, 0.3) is 0 Å². The zero-order valence-corrected chi connectivity index (χ0v) is 9.90. The number of nitrogens with one attached hydrogen (secondary N) is 1. The highest BCUT2D eigenvalue weighted by atomic mass is 16.4. The summed E-state index contributed by atoms with van der Waals surface area (Å²) < 4.78 is 0. The molecule has 0 atom stereocenters. The number of hydrogen-bond acceptors (Lipinski definition) is 2. The Labute approximate surface area is 101 Å². The molecule has 0 aliphatic rings. The molecule has 4 heteroatoms. The predicted molar refractivity (Wildman–Crippen MR) is 64.5 cm³/mol. The van der Waals surface area contributed by atoms with Crippen LogP contribution in [-0.2, 0) is 16.1 Å². The van der Waals surface area contributed by atoms with Crippen LogP contribution in [0.2, 0.25) is 0 Å². The van der Waals surface area contributed by atoms with Crippen LogP contribution in [0.5, 0.6) is 0 Å². The van der Waals surface area contributed by atoms with Gasteiger partial charge in [-0.15, -0.1) is 0 Å². The van der Waals surface area contributed by atoms with E-state index in [0.29, 0.717) is 13.0 Å². The second kappa shape index (κ2) is 6.68. The van der Waals surface area contributed by atoms with Crippen molar-refractivity contribution < 1.29 is 14.7 Å². The number of aryl methyl sites for hydroxylation is 1. The van der Waals surface area contributed by atoms with Gasteiger partial charge in [-0.3, -0.25) is 9.59 Å². The van der Waals surface area contributed by atoms with Crippen LogP contribution in [0.1, 0.15) is 30.4 Å². The first-order valence-corrected chi connectivity index (χ1v) is 5.62. The van der Waals surface area contributed by atoms with E-state index in [1.54, 1.807) is 0 Å². The smallest absolute Gasteiger partial charge is 0.303 e. The Bertz CT molecular complexity index is 401. The number of carboxylic acid groups (broad SMARTS) is 1. The molecule has 0 aliphatic heterocycles. The van der Waals surface area contributed by atoms with Gasteiger partial charge in [0.1, 0.15) is 0 Å². The standard InChI is InChI=1S/C13H17NO3/c1-10-5-2-3-6-11(10)9-14-12(15)7-4-8-13(16)17/h2-3,5-6H,4,7-9H2,1H3,(H,14,15)(H,16,17). The maximum Gasteiger partial charge on any atom is 0.303 e. The van der Waals surface area contributed by atoms with Crippen molar-refractivity contribution in [3.05, 3.63) is 35.4 Å². The summed E-state index contributed by atoms with van der Waals surface area (Å²) in [4.78, 5) is 21.7. The maximum absolute atomic E-state index is 11.4. The van der Waals surface area contributed by atoms with E-state index >= 15 is 0 Å². The van der Waals surface area contributed by atoms with Gasteiger partial charge in [-0.25, -0.2) is 0 Å². The van der Waals surface area contributed by atoms with E-state index in [-0.39, 0.29) is 18.7 Å². The molecule has 1 aromatic carbocycles. The monoisotopic (exact) mass is 235 g/mol. The normalized spacial score (nSPS) is 9.94. The van der Waals surface area contributed by atoms with Gasteiger partial charge in [0.15, 0.2) is 0 Å². The van der Waals surface area contributed by atoms with Crippen LogP contribution < -0.4 is 5.32 Å². The number of carbonyl (C=O) groups excluding carboxylic acids is 1. The van der Waals surface area contributed by atoms with Gasteiger partial charge >= 0.3 is 5.97 Å². The highest BCUT2D eigenvalue weighted by Gasteiger charge is 2.04. The molecule has 4 nitrogen and oxygen atoms in total. The van der Waals surface area contributed by atoms with Crippen molar-refractivity contribution in [2.45, 2.75) is 32.7 Å². The molecule has 2 N–H and O–H groups in total. The van der Waals surface area contributed by atoms with Crippen molar-refractivity contribution in [3.8, 4) is 0 Å². The van der Waals surface area contributed by atoms with Crippen LogP contribution >= 0.6 is 0 Å². The molecule has 92 valence electrons. The lowest BCUT2D eigenvalue weighted by Crippen LogP contribution is -2.22. The van der Waals surface area contributed by atoms with Gasteiger partial charge in [-0.2, -0.15) is 0 Å². The summed E-state index contributed by atoms with van der Waals surface area (Å²) in [6.45, 7) is 2.49. The Morgan fingerprint density at radius 1 is 1.24 bits per heavy atom. The SMILES string of the molecule is Cc1ccccc1CNC(=O)CCCC(=O)O. The molecule has 0 radical (unpaired) electrons. The topological polar surface area (TPSA) is 66.4 Å². The number of carbonyl (C=O) groups is 2. The fourth-order valence-corrected chi connectivity index (χ4v) is 1.49. The summed E-state index contributed by atoms with van der Waals surface area (Å²) in [5, 5.41) is 11.2. The van der Waals surface area contributed by atoms with Crippen LogP contribution in [0.15, 0.2) is 24.3 Å². The van der Waals surface area contributed by atoms with Crippen LogP contribution in [-0.4, -0.2) is 17.0 Å². The van der Waals surface area contributed by atoms with Crippen molar-refractivity contribution in [1.82, 2.24) is 5.32 Å². The van der Waals surface area contributed by atoms with E-state index in [2.05, 4.69) is 5.32 Å². The Hall–Kier alpha value is -1.84. The largest absolute Gasteiger partial charge is 0.481 e. The lowest BCUT2D eigenvalue weighted by Gasteiger charge is -2.07. The molecule has 0 saturated carbocycles. The minimum Gasteiger partial charge on any atom is -0.481 e. The molecule has 1 amide bonds.